The largest absolute Gasteiger partial charge is 0.493 e. The van der Waals surface area contributed by atoms with E-state index in [0.717, 1.165) is 0 Å². The summed E-state index contributed by atoms with van der Waals surface area (Å²) >= 11 is 0. The molecule has 0 amide bonds. The number of ether oxygens (including phenoxy) is 4. The lowest BCUT2D eigenvalue weighted by atomic mass is 10.1. The van der Waals surface area contributed by atoms with Gasteiger partial charge in [0.05, 0.1) is 19.8 Å². The Kier molecular flexibility index (Phi) is 5.86. The Labute approximate surface area is 135 Å². The van der Waals surface area contributed by atoms with E-state index >= 15 is 0 Å². The molecule has 0 spiro atoms. The van der Waals surface area contributed by atoms with E-state index in [4.69, 9.17) is 18.9 Å². The summed E-state index contributed by atoms with van der Waals surface area (Å²) in [5.74, 6) is 2.23. The van der Waals surface area contributed by atoms with Gasteiger partial charge in [-0.15, -0.1) is 0 Å². The van der Waals surface area contributed by atoms with Crippen molar-refractivity contribution >= 4 is 5.78 Å². The predicted molar refractivity (Wildman–Crippen MR) is 87.0 cm³/mol. The predicted octanol–water partition coefficient (Wildman–Crippen LogP) is 3.36. The van der Waals surface area contributed by atoms with Gasteiger partial charge in [-0.25, -0.2) is 0 Å². The molecule has 122 valence electrons. The summed E-state index contributed by atoms with van der Waals surface area (Å²) in [6, 6.07) is 12.5. The smallest absolute Gasteiger partial charge is 0.203 e. The van der Waals surface area contributed by atoms with Crippen molar-refractivity contribution in [2.75, 3.05) is 27.4 Å². The lowest BCUT2D eigenvalue weighted by Crippen LogP contribution is -2.11. The van der Waals surface area contributed by atoms with Crippen LogP contribution in [0, 0.1) is 0 Å². The molecule has 5 heteroatoms. The van der Waals surface area contributed by atoms with Crippen molar-refractivity contribution in [3.63, 3.8) is 0 Å². The highest BCUT2D eigenvalue weighted by Gasteiger charge is 2.12. The summed E-state index contributed by atoms with van der Waals surface area (Å²) in [5, 5.41) is 0. The van der Waals surface area contributed by atoms with Crippen LogP contribution in [-0.4, -0.2) is 33.2 Å². The molecule has 0 heterocycles. The molecule has 5 nitrogen and oxygen atoms in total. The van der Waals surface area contributed by atoms with Crippen LogP contribution in [0.4, 0.5) is 0 Å². The van der Waals surface area contributed by atoms with Crippen LogP contribution in [0.3, 0.4) is 0 Å². The minimum Gasteiger partial charge on any atom is -0.493 e. The topological polar surface area (TPSA) is 54.0 Å². The lowest BCUT2D eigenvalue weighted by Gasteiger charge is -2.15. The molecule has 0 aliphatic rings. The summed E-state index contributed by atoms with van der Waals surface area (Å²) in [6.07, 6.45) is 0. The molecule has 2 aromatic carbocycles. The Morgan fingerprint density at radius 2 is 1.39 bits per heavy atom. The average Bonchev–Trinajstić information content (AvgIpc) is 2.58. The Morgan fingerprint density at radius 3 is 2.00 bits per heavy atom. The van der Waals surface area contributed by atoms with E-state index in [1.54, 1.807) is 44.6 Å². The van der Waals surface area contributed by atoms with Gasteiger partial charge in [-0.05, 0) is 31.2 Å². The third-order valence-corrected chi connectivity index (χ3v) is 3.24. The fourth-order valence-electron chi connectivity index (χ4n) is 2.14. The monoisotopic (exact) mass is 316 g/mol. The van der Waals surface area contributed by atoms with Crippen molar-refractivity contribution in [3.05, 3.63) is 48.0 Å². The first-order valence-electron chi connectivity index (χ1n) is 7.24. The Hall–Kier alpha value is -2.69. The van der Waals surface area contributed by atoms with Crippen LogP contribution in [0.5, 0.6) is 23.0 Å². The highest BCUT2D eigenvalue weighted by Crippen LogP contribution is 2.36. The Bertz CT molecular complexity index is 644. The molecule has 0 fully saturated rings. The molecule has 0 atom stereocenters. The second-order valence-electron chi connectivity index (χ2n) is 4.74. The molecule has 0 unspecified atom stereocenters. The molecule has 0 N–H and O–H groups in total. The van der Waals surface area contributed by atoms with Crippen LogP contribution in [0.15, 0.2) is 42.5 Å². The fourth-order valence-corrected chi connectivity index (χ4v) is 2.14. The second-order valence-corrected chi connectivity index (χ2v) is 4.74. The number of hydrogen-bond donors (Lipinski definition) is 0. The molecule has 2 rings (SSSR count). The van der Waals surface area contributed by atoms with Crippen LogP contribution in [0.25, 0.3) is 0 Å². The molecule has 23 heavy (non-hydrogen) atoms. The van der Waals surface area contributed by atoms with Gasteiger partial charge in [-0.1, -0.05) is 18.2 Å². The first kappa shape index (κ1) is 16.7. The van der Waals surface area contributed by atoms with Crippen molar-refractivity contribution in [2.45, 2.75) is 6.92 Å². The minimum atomic E-state index is -0.0343. The van der Waals surface area contributed by atoms with Gasteiger partial charge >= 0.3 is 0 Å². The summed E-state index contributed by atoms with van der Waals surface area (Å²) in [6.45, 7) is 2.10. The van der Waals surface area contributed by atoms with Crippen LogP contribution < -0.4 is 18.9 Å². The van der Waals surface area contributed by atoms with Gasteiger partial charge in [0, 0.05) is 0 Å². The summed E-state index contributed by atoms with van der Waals surface area (Å²) in [5.41, 5.74) is 0.558. The lowest BCUT2D eigenvalue weighted by molar-refractivity contribution is 0.101. The first-order valence-corrected chi connectivity index (χ1v) is 7.24. The van der Waals surface area contributed by atoms with Crippen molar-refractivity contribution in [1.29, 1.82) is 0 Å². The van der Waals surface area contributed by atoms with Gasteiger partial charge in [0.2, 0.25) is 5.75 Å². The first-order chi connectivity index (χ1) is 11.2. The number of carbonyl (C=O) groups excluding carboxylic acids is 1. The number of carbonyl (C=O) groups is 1. The SMILES string of the molecule is COc1cccc(OC)c1OCCOc1ccccc1C(C)=O. The van der Waals surface area contributed by atoms with Crippen LogP contribution in [0.1, 0.15) is 17.3 Å². The number of methoxy groups -OCH3 is 2. The van der Waals surface area contributed by atoms with E-state index < -0.39 is 0 Å². The van der Waals surface area contributed by atoms with E-state index in [1.165, 1.54) is 6.92 Å². The van der Waals surface area contributed by atoms with E-state index in [9.17, 15) is 4.79 Å². The van der Waals surface area contributed by atoms with Crippen LogP contribution >= 0.6 is 0 Å². The van der Waals surface area contributed by atoms with Gasteiger partial charge in [0.25, 0.3) is 0 Å². The van der Waals surface area contributed by atoms with E-state index in [-0.39, 0.29) is 5.78 Å². The molecular formula is C18H20O5. The zero-order valence-electron chi connectivity index (χ0n) is 13.5. The van der Waals surface area contributed by atoms with E-state index in [2.05, 4.69) is 0 Å². The summed E-state index contributed by atoms with van der Waals surface area (Å²) in [7, 11) is 3.14. The summed E-state index contributed by atoms with van der Waals surface area (Å²) in [4.78, 5) is 11.5. The second kappa shape index (κ2) is 8.08. The third-order valence-electron chi connectivity index (χ3n) is 3.24. The number of para-hydroxylation sites is 2. The van der Waals surface area contributed by atoms with Gasteiger partial charge < -0.3 is 18.9 Å². The van der Waals surface area contributed by atoms with Gasteiger partial charge in [-0.3, -0.25) is 4.79 Å². The van der Waals surface area contributed by atoms with Gasteiger partial charge in [0.1, 0.15) is 19.0 Å². The third kappa shape index (κ3) is 4.16. The summed E-state index contributed by atoms with van der Waals surface area (Å²) < 4.78 is 21.9. The highest BCUT2D eigenvalue weighted by atomic mass is 16.6. The molecule has 0 bridgehead atoms. The normalized spacial score (nSPS) is 10.0. The van der Waals surface area contributed by atoms with Crippen molar-refractivity contribution < 1.29 is 23.7 Å². The maximum atomic E-state index is 11.5. The molecular weight excluding hydrogens is 296 g/mol. The molecule has 0 aliphatic carbocycles. The molecule has 0 saturated heterocycles. The van der Waals surface area contributed by atoms with Gasteiger partial charge in [0.15, 0.2) is 17.3 Å². The maximum Gasteiger partial charge on any atom is 0.203 e. The highest BCUT2D eigenvalue weighted by molar-refractivity contribution is 5.96. The zero-order chi connectivity index (χ0) is 16.7. The fraction of sp³-hybridized carbons (Fsp3) is 0.278. The van der Waals surface area contributed by atoms with Crippen LogP contribution in [-0.2, 0) is 0 Å². The average molecular weight is 316 g/mol. The van der Waals surface area contributed by atoms with Crippen molar-refractivity contribution in [1.82, 2.24) is 0 Å². The number of hydrogen-bond acceptors (Lipinski definition) is 5. The number of ketones is 1. The van der Waals surface area contributed by atoms with Crippen molar-refractivity contribution in [3.8, 4) is 23.0 Å². The molecule has 0 aromatic heterocycles. The maximum absolute atomic E-state index is 11.5. The molecule has 0 saturated carbocycles. The molecule has 0 aliphatic heterocycles. The van der Waals surface area contributed by atoms with E-state index in [0.29, 0.717) is 41.8 Å². The molecule has 2 aromatic rings. The minimum absolute atomic E-state index is 0.0343. The molecule has 0 radical (unpaired) electrons. The number of Topliss-reactive ketones (excluding diaryl/α,β-unsaturated/α-hetero) is 1. The quantitative estimate of drug-likeness (QED) is 0.552. The van der Waals surface area contributed by atoms with E-state index in [1.807, 2.05) is 12.1 Å². The van der Waals surface area contributed by atoms with Crippen molar-refractivity contribution in [2.24, 2.45) is 0 Å². The van der Waals surface area contributed by atoms with Gasteiger partial charge in [-0.2, -0.15) is 0 Å². The Balaban J connectivity index is 1.98. The number of rotatable bonds is 8. The number of benzene rings is 2. The standard InChI is InChI=1S/C18H20O5/c1-13(19)14-7-4-5-8-15(14)22-11-12-23-18-16(20-2)9-6-10-17(18)21-3/h4-10H,11-12H2,1-3H3. The Morgan fingerprint density at radius 1 is 0.826 bits per heavy atom. The zero-order valence-corrected chi connectivity index (χ0v) is 13.5. The van der Waals surface area contributed by atoms with Crippen LogP contribution in [0.2, 0.25) is 0 Å².